The molecule has 0 bridgehead atoms. The van der Waals surface area contributed by atoms with Crippen LogP contribution in [0.2, 0.25) is 0 Å². The average Bonchev–Trinajstić information content (AvgIpc) is 2.72. The van der Waals surface area contributed by atoms with Crippen molar-refractivity contribution in [2.75, 3.05) is 36.5 Å². The van der Waals surface area contributed by atoms with E-state index in [1.54, 1.807) is 23.6 Å². The zero-order chi connectivity index (χ0) is 24.0. The van der Waals surface area contributed by atoms with Gasteiger partial charge in [0.25, 0.3) is 5.91 Å². The molecule has 31 heavy (non-hydrogen) atoms. The fourth-order valence-electron chi connectivity index (χ4n) is 3.07. The van der Waals surface area contributed by atoms with Gasteiger partial charge >= 0.3 is 5.97 Å². The molecule has 0 saturated heterocycles. The number of carbonyl (C=O) groups excluding carboxylic acids is 3. The van der Waals surface area contributed by atoms with Crippen molar-refractivity contribution in [2.24, 2.45) is 0 Å². The standard InChI is InChI=1S/C20H26I3N3O5/c1-6-11(27)25(8-3)18-15(21)14(20(31)24(5)10-13(29)30)16(22)19(17(18)23)26(9-4)12(28)7-2/h6-10H2,1-5H3,(H,29,30). The van der Waals surface area contributed by atoms with Crippen molar-refractivity contribution >= 4 is 103 Å². The Labute approximate surface area is 223 Å². The van der Waals surface area contributed by atoms with Crippen molar-refractivity contribution in [2.45, 2.75) is 40.5 Å². The van der Waals surface area contributed by atoms with E-state index in [1.807, 2.05) is 59.0 Å². The molecule has 8 nitrogen and oxygen atoms in total. The second kappa shape index (κ2) is 12.5. The number of carboxylic acids is 1. The molecule has 1 rings (SSSR count). The highest BCUT2D eigenvalue weighted by Gasteiger charge is 2.33. The largest absolute Gasteiger partial charge is 0.480 e. The lowest BCUT2D eigenvalue weighted by Crippen LogP contribution is -2.37. The predicted octanol–water partition coefficient (Wildman–Crippen LogP) is 4.18. The highest BCUT2D eigenvalue weighted by Crippen LogP contribution is 2.43. The highest BCUT2D eigenvalue weighted by molar-refractivity contribution is 14.1. The molecule has 0 aliphatic rings. The normalized spacial score (nSPS) is 10.6. The second-order valence-electron chi connectivity index (χ2n) is 6.55. The number of hydrogen-bond donors (Lipinski definition) is 1. The molecule has 1 aromatic carbocycles. The van der Waals surface area contributed by atoms with Crippen molar-refractivity contribution in [1.29, 1.82) is 0 Å². The summed E-state index contributed by atoms with van der Waals surface area (Å²) in [5.74, 6) is -1.81. The summed E-state index contributed by atoms with van der Waals surface area (Å²) in [6, 6.07) is 0. The Hall–Kier alpha value is -0.710. The topological polar surface area (TPSA) is 98.2 Å². The smallest absolute Gasteiger partial charge is 0.323 e. The fraction of sp³-hybridized carbons (Fsp3) is 0.500. The van der Waals surface area contributed by atoms with Gasteiger partial charge in [0.15, 0.2) is 0 Å². The van der Waals surface area contributed by atoms with Crippen LogP contribution < -0.4 is 9.80 Å². The molecule has 0 atom stereocenters. The van der Waals surface area contributed by atoms with Gasteiger partial charge in [-0.05, 0) is 81.6 Å². The first-order valence-electron chi connectivity index (χ1n) is 9.76. The van der Waals surface area contributed by atoms with Crippen LogP contribution in [-0.2, 0) is 14.4 Å². The van der Waals surface area contributed by atoms with Crippen LogP contribution in [0.5, 0.6) is 0 Å². The monoisotopic (exact) mass is 769 g/mol. The van der Waals surface area contributed by atoms with Gasteiger partial charge in [0.1, 0.15) is 6.54 Å². The van der Waals surface area contributed by atoms with Crippen LogP contribution in [0.3, 0.4) is 0 Å². The Morgan fingerprint density at radius 3 is 1.45 bits per heavy atom. The van der Waals surface area contributed by atoms with Gasteiger partial charge in [-0.15, -0.1) is 0 Å². The molecule has 172 valence electrons. The van der Waals surface area contributed by atoms with Crippen molar-refractivity contribution < 1.29 is 24.3 Å². The molecule has 0 aliphatic carbocycles. The summed E-state index contributed by atoms with van der Waals surface area (Å²) >= 11 is 6.21. The lowest BCUT2D eigenvalue weighted by atomic mass is 10.1. The third kappa shape index (κ3) is 6.21. The number of carboxylic acid groups (broad SMARTS) is 1. The molecule has 0 spiro atoms. The minimum absolute atomic E-state index is 0.104. The first-order chi connectivity index (χ1) is 14.5. The number of nitrogens with zero attached hydrogens (tertiary/aromatic N) is 3. The van der Waals surface area contributed by atoms with E-state index in [4.69, 9.17) is 5.11 Å². The van der Waals surface area contributed by atoms with Gasteiger partial charge in [0, 0.05) is 33.0 Å². The van der Waals surface area contributed by atoms with E-state index in [-0.39, 0.29) is 24.7 Å². The van der Waals surface area contributed by atoms with Gasteiger partial charge in [-0.3, -0.25) is 19.2 Å². The number of likely N-dealkylation sites (N-methyl/N-ethyl adjacent to an activating group) is 1. The van der Waals surface area contributed by atoms with Crippen LogP contribution in [0.15, 0.2) is 0 Å². The van der Waals surface area contributed by atoms with Gasteiger partial charge in [-0.1, -0.05) is 13.8 Å². The molecule has 1 aromatic rings. The summed E-state index contributed by atoms with van der Waals surface area (Å²) in [5.41, 5.74) is 1.43. The van der Waals surface area contributed by atoms with Crippen molar-refractivity contribution in [3.8, 4) is 0 Å². The summed E-state index contributed by atoms with van der Waals surface area (Å²) in [5, 5.41) is 9.13. The van der Waals surface area contributed by atoms with Gasteiger partial charge < -0.3 is 19.8 Å². The van der Waals surface area contributed by atoms with E-state index in [0.717, 1.165) is 4.90 Å². The summed E-state index contributed by atoms with van der Waals surface area (Å²) in [7, 11) is 1.42. The van der Waals surface area contributed by atoms with Crippen molar-refractivity contribution in [1.82, 2.24) is 4.90 Å². The lowest BCUT2D eigenvalue weighted by molar-refractivity contribution is -0.137. The number of carbonyl (C=O) groups is 4. The lowest BCUT2D eigenvalue weighted by Gasteiger charge is -2.31. The number of halogens is 3. The van der Waals surface area contributed by atoms with Gasteiger partial charge in [-0.2, -0.15) is 0 Å². The Morgan fingerprint density at radius 1 is 0.774 bits per heavy atom. The molecular weight excluding hydrogens is 743 g/mol. The second-order valence-corrected chi connectivity index (χ2v) is 9.79. The third-order valence-corrected chi connectivity index (χ3v) is 7.71. The predicted molar refractivity (Wildman–Crippen MR) is 146 cm³/mol. The molecule has 0 heterocycles. The molecule has 0 unspecified atom stereocenters. The maximum absolute atomic E-state index is 13.3. The maximum Gasteiger partial charge on any atom is 0.323 e. The molecule has 3 amide bonds. The molecule has 0 aromatic heterocycles. The first kappa shape index (κ1) is 28.3. The molecule has 11 heteroatoms. The SMILES string of the molecule is CCC(=O)N(CC)c1c(I)c(C(=O)N(C)CC(=O)O)c(I)c(N(CC)C(=O)CC)c1I. The summed E-state index contributed by atoms with van der Waals surface area (Å²) in [6.45, 7) is 7.57. The fourth-order valence-corrected chi connectivity index (χ4v) is 7.86. The maximum atomic E-state index is 13.3. The molecule has 0 radical (unpaired) electrons. The first-order valence-corrected chi connectivity index (χ1v) is 13.0. The number of aliphatic carboxylic acids is 1. The average molecular weight is 769 g/mol. The third-order valence-electron chi connectivity index (χ3n) is 4.58. The Morgan fingerprint density at radius 2 is 1.16 bits per heavy atom. The molecule has 0 fully saturated rings. The van der Waals surface area contributed by atoms with Gasteiger partial charge in [0.2, 0.25) is 11.8 Å². The van der Waals surface area contributed by atoms with Crippen LogP contribution in [0.1, 0.15) is 50.9 Å². The number of rotatable bonds is 9. The van der Waals surface area contributed by atoms with Gasteiger partial charge in [0.05, 0.1) is 27.6 Å². The van der Waals surface area contributed by atoms with Crippen LogP contribution in [0, 0.1) is 10.7 Å². The molecule has 0 saturated carbocycles. The summed E-state index contributed by atoms with van der Waals surface area (Å²) in [4.78, 5) is 54.2. The summed E-state index contributed by atoms with van der Waals surface area (Å²) < 4.78 is 1.82. The Kier molecular flexibility index (Phi) is 11.4. The summed E-state index contributed by atoms with van der Waals surface area (Å²) in [6.07, 6.45) is 0.573. The Bertz CT molecular complexity index is 840. The van der Waals surface area contributed by atoms with Crippen LogP contribution in [0.4, 0.5) is 11.4 Å². The molecule has 1 N–H and O–H groups in total. The van der Waals surface area contributed by atoms with E-state index >= 15 is 0 Å². The van der Waals surface area contributed by atoms with Gasteiger partial charge in [-0.25, -0.2) is 0 Å². The number of benzene rings is 1. The van der Waals surface area contributed by atoms with E-state index < -0.39 is 18.4 Å². The quantitative estimate of drug-likeness (QED) is 0.381. The van der Waals surface area contributed by atoms with Crippen molar-refractivity contribution in [3.63, 3.8) is 0 Å². The van der Waals surface area contributed by atoms with E-state index in [1.165, 1.54) is 7.05 Å². The van der Waals surface area contributed by atoms with Crippen LogP contribution in [-0.4, -0.2) is 60.4 Å². The van der Waals surface area contributed by atoms with E-state index in [0.29, 0.717) is 40.7 Å². The Balaban J connectivity index is 4.01. The molecular formula is C20H26I3N3O5. The number of hydrogen-bond acceptors (Lipinski definition) is 4. The van der Waals surface area contributed by atoms with Crippen LogP contribution in [0.25, 0.3) is 0 Å². The zero-order valence-electron chi connectivity index (χ0n) is 18.1. The van der Waals surface area contributed by atoms with E-state index in [9.17, 15) is 19.2 Å². The van der Waals surface area contributed by atoms with Crippen LogP contribution >= 0.6 is 67.8 Å². The minimum atomic E-state index is -1.13. The minimum Gasteiger partial charge on any atom is -0.480 e. The van der Waals surface area contributed by atoms with E-state index in [2.05, 4.69) is 22.6 Å². The highest BCUT2D eigenvalue weighted by atomic mass is 127. The van der Waals surface area contributed by atoms with Crippen molar-refractivity contribution in [3.05, 3.63) is 16.3 Å². The number of anilines is 2. The number of amides is 3. The molecule has 0 aliphatic heterocycles. The zero-order valence-corrected chi connectivity index (χ0v) is 24.6.